The van der Waals surface area contributed by atoms with Gasteiger partial charge < -0.3 is 15.7 Å². The number of hydrogen-bond donors (Lipinski definition) is 3. The van der Waals surface area contributed by atoms with E-state index in [0.29, 0.717) is 12.8 Å². The molecule has 1 heterocycles. The number of hydrogen-bond acceptors (Lipinski definition) is 4. The number of aliphatic carboxylic acids is 1. The molecule has 3 N–H and O–H groups in total. The third-order valence-corrected chi connectivity index (χ3v) is 4.74. The fourth-order valence-electron chi connectivity index (χ4n) is 3.41. The summed E-state index contributed by atoms with van der Waals surface area (Å²) in [4.78, 5) is 49.4. The maximum atomic E-state index is 12.6. The molecule has 0 aromatic carbocycles. The van der Waals surface area contributed by atoms with Crippen LogP contribution >= 0.6 is 0 Å². The first kappa shape index (κ1) is 18.2. The highest BCUT2D eigenvalue weighted by atomic mass is 16.4. The number of urea groups is 1. The number of carbonyl (C=O) groups excluding carboxylic acids is 3. The molecular formula is C16H25N3O5. The first-order valence-corrected chi connectivity index (χ1v) is 8.37. The molecule has 8 heteroatoms. The van der Waals surface area contributed by atoms with E-state index in [1.54, 1.807) is 0 Å². The first-order chi connectivity index (χ1) is 11.2. The Bertz CT molecular complexity index is 554. The minimum Gasteiger partial charge on any atom is -0.480 e. The van der Waals surface area contributed by atoms with Gasteiger partial charge >= 0.3 is 12.0 Å². The Morgan fingerprint density at radius 2 is 1.83 bits per heavy atom. The molecule has 1 aliphatic heterocycles. The van der Waals surface area contributed by atoms with E-state index in [0.717, 1.165) is 17.7 Å². The molecular weight excluding hydrogens is 314 g/mol. The topological polar surface area (TPSA) is 116 Å². The summed E-state index contributed by atoms with van der Waals surface area (Å²) >= 11 is 0. The number of carboxylic acids is 1. The van der Waals surface area contributed by atoms with Crippen LogP contribution in [0.3, 0.4) is 0 Å². The lowest BCUT2D eigenvalue weighted by atomic mass is 9.97. The zero-order valence-electron chi connectivity index (χ0n) is 14.3. The minimum atomic E-state index is -1.13. The lowest BCUT2D eigenvalue weighted by Crippen LogP contribution is -2.53. The molecule has 2 rings (SSSR count). The zero-order valence-corrected chi connectivity index (χ0v) is 14.3. The van der Waals surface area contributed by atoms with E-state index in [-0.39, 0.29) is 18.2 Å². The van der Waals surface area contributed by atoms with E-state index in [1.165, 1.54) is 6.92 Å². The smallest absolute Gasteiger partial charge is 0.326 e. The number of carboxylic acid groups (broad SMARTS) is 1. The van der Waals surface area contributed by atoms with Crippen molar-refractivity contribution < 1.29 is 24.3 Å². The quantitative estimate of drug-likeness (QED) is 0.621. The monoisotopic (exact) mass is 339 g/mol. The molecule has 24 heavy (non-hydrogen) atoms. The molecule has 0 bridgehead atoms. The van der Waals surface area contributed by atoms with Gasteiger partial charge in [0.2, 0.25) is 5.91 Å². The number of nitrogens with one attached hydrogen (secondary N) is 2. The van der Waals surface area contributed by atoms with E-state index in [1.807, 2.05) is 13.8 Å². The van der Waals surface area contributed by atoms with Gasteiger partial charge in [0.25, 0.3) is 5.91 Å². The lowest BCUT2D eigenvalue weighted by molar-refractivity contribution is -0.143. The molecule has 2 atom stereocenters. The highest BCUT2D eigenvalue weighted by Gasteiger charge is 2.54. The molecule has 2 unspecified atom stereocenters. The molecule has 1 spiro atoms. The van der Waals surface area contributed by atoms with Crippen LogP contribution in [0.25, 0.3) is 0 Å². The van der Waals surface area contributed by atoms with Crippen LogP contribution < -0.4 is 10.6 Å². The number of nitrogens with zero attached hydrogens (tertiary/aromatic N) is 1. The van der Waals surface area contributed by atoms with Crippen molar-refractivity contribution in [2.45, 2.75) is 70.5 Å². The van der Waals surface area contributed by atoms with E-state index in [4.69, 9.17) is 0 Å². The molecule has 134 valence electrons. The number of imide groups is 1. The second-order valence-corrected chi connectivity index (χ2v) is 7.10. The van der Waals surface area contributed by atoms with Gasteiger partial charge in [0.1, 0.15) is 17.6 Å². The van der Waals surface area contributed by atoms with Crippen molar-refractivity contribution in [1.29, 1.82) is 0 Å². The number of carbonyl (C=O) groups is 4. The normalized spacial score (nSPS) is 21.9. The fourth-order valence-corrected chi connectivity index (χ4v) is 3.41. The number of amides is 4. The van der Waals surface area contributed by atoms with Crippen molar-refractivity contribution >= 4 is 23.8 Å². The Hall–Kier alpha value is -2.12. The molecule has 8 nitrogen and oxygen atoms in total. The molecule has 0 aromatic heterocycles. The van der Waals surface area contributed by atoms with Crippen LogP contribution in [0.15, 0.2) is 0 Å². The van der Waals surface area contributed by atoms with E-state index in [2.05, 4.69) is 10.6 Å². The second kappa shape index (κ2) is 6.78. The Labute approximate surface area is 141 Å². The van der Waals surface area contributed by atoms with Crippen molar-refractivity contribution in [3.05, 3.63) is 0 Å². The van der Waals surface area contributed by atoms with E-state index >= 15 is 0 Å². The largest absolute Gasteiger partial charge is 0.480 e. The van der Waals surface area contributed by atoms with Crippen LogP contribution in [0.5, 0.6) is 0 Å². The van der Waals surface area contributed by atoms with E-state index in [9.17, 15) is 24.3 Å². The Morgan fingerprint density at radius 3 is 2.33 bits per heavy atom. The van der Waals surface area contributed by atoms with E-state index < -0.39 is 35.5 Å². The van der Waals surface area contributed by atoms with Crippen molar-refractivity contribution in [3.63, 3.8) is 0 Å². The summed E-state index contributed by atoms with van der Waals surface area (Å²) in [5.74, 6) is -2.07. The van der Waals surface area contributed by atoms with Crippen LogP contribution in [0.4, 0.5) is 4.79 Å². The van der Waals surface area contributed by atoms with Crippen LogP contribution in [-0.4, -0.2) is 51.4 Å². The Morgan fingerprint density at radius 1 is 1.25 bits per heavy atom. The predicted molar refractivity (Wildman–Crippen MR) is 85.1 cm³/mol. The van der Waals surface area contributed by atoms with Crippen LogP contribution in [0.2, 0.25) is 0 Å². The molecule has 2 fully saturated rings. The standard InChI is InChI=1S/C16H25N3O5/c1-9(2)8-11(13(21)22)17-12(20)10(3)19-14(23)16(18-15(19)24)6-4-5-7-16/h9-11H,4-8H2,1-3H3,(H,17,20)(H,18,24)(H,21,22). The minimum absolute atomic E-state index is 0.0835. The average Bonchev–Trinajstić information content (AvgIpc) is 3.03. The van der Waals surface area contributed by atoms with Crippen LogP contribution in [-0.2, 0) is 14.4 Å². The van der Waals surface area contributed by atoms with Gasteiger partial charge in [0, 0.05) is 0 Å². The molecule has 1 saturated heterocycles. The van der Waals surface area contributed by atoms with Gasteiger partial charge in [-0.2, -0.15) is 0 Å². The maximum Gasteiger partial charge on any atom is 0.326 e. The molecule has 2 aliphatic rings. The first-order valence-electron chi connectivity index (χ1n) is 8.37. The van der Waals surface area contributed by atoms with Crippen LogP contribution in [0, 0.1) is 5.92 Å². The zero-order chi connectivity index (χ0) is 18.1. The summed E-state index contributed by atoms with van der Waals surface area (Å²) in [6, 6.07) is -2.67. The summed E-state index contributed by atoms with van der Waals surface area (Å²) in [6.45, 7) is 5.15. The van der Waals surface area contributed by atoms with Gasteiger partial charge in [-0.1, -0.05) is 26.7 Å². The van der Waals surface area contributed by atoms with Crippen molar-refractivity contribution in [1.82, 2.24) is 15.5 Å². The molecule has 1 saturated carbocycles. The molecule has 0 radical (unpaired) electrons. The van der Waals surface area contributed by atoms with Gasteiger partial charge in [0.05, 0.1) is 0 Å². The van der Waals surface area contributed by atoms with Crippen molar-refractivity contribution in [3.8, 4) is 0 Å². The van der Waals surface area contributed by atoms with Crippen molar-refractivity contribution in [2.75, 3.05) is 0 Å². The highest BCUT2D eigenvalue weighted by Crippen LogP contribution is 2.35. The summed E-state index contributed by atoms with van der Waals surface area (Å²) in [7, 11) is 0. The SMILES string of the molecule is CC(C)CC(NC(=O)C(C)N1C(=O)NC2(CCCC2)C1=O)C(=O)O. The van der Waals surface area contributed by atoms with Crippen molar-refractivity contribution in [2.24, 2.45) is 5.92 Å². The van der Waals surface area contributed by atoms with Crippen LogP contribution in [0.1, 0.15) is 52.9 Å². The molecule has 0 aromatic rings. The highest BCUT2D eigenvalue weighted by molar-refractivity contribution is 6.10. The predicted octanol–water partition coefficient (Wildman–Crippen LogP) is 0.855. The summed E-state index contributed by atoms with van der Waals surface area (Å²) < 4.78 is 0. The summed E-state index contributed by atoms with van der Waals surface area (Å²) in [5, 5.41) is 14.4. The van der Waals surface area contributed by atoms with Gasteiger partial charge in [-0.15, -0.1) is 0 Å². The third kappa shape index (κ3) is 3.37. The third-order valence-electron chi connectivity index (χ3n) is 4.74. The van der Waals surface area contributed by atoms with Gasteiger partial charge in [-0.3, -0.25) is 9.59 Å². The second-order valence-electron chi connectivity index (χ2n) is 7.10. The molecule has 4 amide bonds. The summed E-state index contributed by atoms with van der Waals surface area (Å²) in [5.41, 5.74) is -0.879. The van der Waals surface area contributed by atoms with Gasteiger partial charge in [-0.25, -0.2) is 14.5 Å². The number of rotatable bonds is 6. The lowest BCUT2D eigenvalue weighted by Gasteiger charge is -2.25. The Kier molecular flexibility index (Phi) is 5.15. The Balaban J connectivity index is 2.08. The maximum absolute atomic E-state index is 12.6. The fraction of sp³-hybridized carbons (Fsp3) is 0.750. The van der Waals surface area contributed by atoms with Gasteiger partial charge in [-0.05, 0) is 32.1 Å². The van der Waals surface area contributed by atoms with Gasteiger partial charge in [0.15, 0.2) is 0 Å². The summed E-state index contributed by atoms with van der Waals surface area (Å²) in [6.07, 6.45) is 3.14. The average molecular weight is 339 g/mol. The molecule has 1 aliphatic carbocycles.